The van der Waals surface area contributed by atoms with Crippen LogP contribution in [-0.2, 0) is 17.5 Å². The Balaban J connectivity index is 2.84. The number of aromatic nitrogens is 1. The second-order valence-corrected chi connectivity index (χ2v) is 6.78. The summed E-state index contributed by atoms with van der Waals surface area (Å²) in [5.41, 5.74) is -1.83. The smallest absolute Gasteiger partial charge is 0.416 e. The van der Waals surface area contributed by atoms with Crippen LogP contribution in [0.2, 0.25) is 0 Å². The summed E-state index contributed by atoms with van der Waals surface area (Å²) in [6, 6.07) is 2.88. The van der Waals surface area contributed by atoms with Crippen LogP contribution in [0, 0.1) is 5.41 Å². The van der Waals surface area contributed by atoms with Crippen molar-refractivity contribution < 1.29 is 22.7 Å². The number of fused-ring (bicyclic) bond motifs is 1. The van der Waals surface area contributed by atoms with Crippen molar-refractivity contribution in [3.05, 3.63) is 45.7 Å². The average molecular weight is 341 g/mol. The molecule has 1 heterocycles. The molecule has 1 aromatic carbocycles. The number of hydrogen-bond donors (Lipinski definition) is 0. The number of alkyl halides is 3. The summed E-state index contributed by atoms with van der Waals surface area (Å²) in [5, 5.41) is 0.0511. The first kappa shape index (κ1) is 18.0. The first-order chi connectivity index (χ1) is 10.9. The molecule has 4 nitrogen and oxygen atoms in total. The molecule has 0 fully saturated rings. The van der Waals surface area contributed by atoms with E-state index in [9.17, 15) is 22.8 Å². The predicted molar refractivity (Wildman–Crippen MR) is 84.0 cm³/mol. The van der Waals surface area contributed by atoms with E-state index in [1.165, 1.54) is 10.8 Å². The van der Waals surface area contributed by atoms with Crippen molar-refractivity contribution in [2.45, 2.75) is 33.5 Å². The van der Waals surface area contributed by atoms with E-state index in [-0.39, 0.29) is 21.9 Å². The van der Waals surface area contributed by atoms with Crippen LogP contribution < -0.4 is 5.43 Å². The van der Waals surface area contributed by atoms with Gasteiger partial charge in [0, 0.05) is 18.1 Å². The van der Waals surface area contributed by atoms with Gasteiger partial charge in [-0.15, -0.1) is 0 Å². The number of benzene rings is 1. The quantitative estimate of drug-likeness (QED) is 0.780. The molecule has 1 aromatic heterocycles. The fourth-order valence-electron chi connectivity index (χ4n) is 2.46. The molecule has 7 heteroatoms. The Bertz CT molecular complexity index is 845. The normalized spacial score (nSPS) is 12.5. The second-order valence-electron chi connectivity index (χ2n) is 6.78. The molecule has 0 aliphatic carbocycles. The molecular weight excluding hydrogens is 323 g/mol. The van der Waals surface area contributed by atoms with Crippen LogP contribution in [0.4, 0.5) is 13.2 Å². The van der Waals surface area contributed by atoms with Gasteiger partial charge in [-0.25, -0.2) is 4.79 Å². The third-order valence-corrected chi connectivity index (χ3v) is 3.46. The molecule has 0 amide bonds. The maximum absolute atomic E-state index is 13.0. The molecule has 24 heavy (non-hydrogen) atoms. The molecule has 0 spiro atoms. The van der Waals surface area contributed by atoms with Gasteiger partial charge >= 0.3 is 12.1 Å². The Morgan fingerprint density at radius 1 is 1.21 bits per heavy atom. The van der Waals surface area contributed by atoms with Crippen LogP contribution in [0.1, 0.15) is 36.7 Å². The van der Waals surface area contributed by atoms with Crippen LogP contribution in [-0.4, -0.2) is 17.6 Å². The highest BCUT2D eigenvalue weighted by Crippen LogP contribution is 2.31. The van der Waals surface area contributed by atoms with Gasteiger partial charge in [-0.3, -0.25) is 4.79 Å². The third-order valence-electron chi connectivity index (χ3n) is 3.46. The summed E-state index contributed by atoms with van der Waals surface area (Å²) >= 11 is 0. The SMILES string of the molecule is COC(=O)c1cn(CC(C)(C)C)c2cc(C(F)(F)F)ccc2c1=O. The molecule has 0 saturated heterocycles. The Morgan fingerprint density at radius 2 is 1.83 bits per heavy atom. The van der Waals surface area contributed by atoms with E-state index < -0.39 is 23.1 Å². The number of halogens is 3. The Kier molecular flexibility index (Phi) is 4.48. The molecule has 0 aliphatic rings. The van der Waals surface area contributed by atoms with Crippen molar-refractivity contribution in [2.24, 2.45) is 5.41 Å². The number of carbonyl (C=O) groups excluding carboxylic acids is 1. The lowest BCUT2D eigenvalue weighted by Gasteiger charge is -2.23. The summed E-state index contributed by atoms with van der Waals surface area (Å²) in [4.78, 5) is 24.2. The molecule has 0 radical (unpaired) electrons. The molecule has 2 rings (SSSR count). The summed E-state index contributed by atoms with van der Waals surface area (Å²) in [6.45, 7) is 6.04. The van der Waals surface area contributed by atoms with Gasteiger partial charge < -0.3 is 9.30 Å². The lowest BCUT2D eigenvalue weighted by Crippen LogP contribution is -2.24. The fourth-order valence-corrected chi connectivity index (χ4v) is 2.46. The van der Waals surface area contributed by atoms with Gasteiger partial charge in [0.1, 0.15) is 5.56 Å². The van der Waals surface area contributed by atoms with Crippen molar-refractivity contribution in [3.8, 4) is 0 Å². The molecule has 0 N–H and O–H groups in total. The Hall–Kier alpha value is -2.31. The minimum atomic E-state index is -4.52. The summed E-state index contributed by atoms with van der Waals surface area (Å²) in [6.07, 6.45) is -3.25. The Labute approximate surface area is 136 Å². The maximum Gasteiger partial charge on any atom is 0.416 e. The van der Waals surface area contributed by atoms with Crippen molar-refractivity contribution in [2.75, 3.05) is 7.11 Å². The van der Waals surface area contributed by atoms with Crippen LogP contribution >= 0.6 is 0 Å². The van der Waals surface area contributed by atoms with Gasteiger partial charge in [-0.05, 0) is 23.6 Å². The summed E-state index contributed by atoms with van der Waals surface area (Å²) in [7, 11) is 1.15. The maximum atomic E-state index is 13.0. The number of ether oxygens (including phenoxy) is 1. The second kappa shape index (κ2) is 5.96. The van der Waals surface area contributed by atoms with E-state index in [0.717, 1.165) is 25.3 Å². The van der Waals surface area contributed by atoms with E-state index in [1.54, 1.807) is 0 Å². The van der Waals surface area contributed by atoms with Crippen molar-refractivity contribution in [3.63, 3.8) is 0 Å². The van der Waals surface area contributed by atoms with Gasteiger partial charge in [0.05, 0.1) is 18.2 Å². The molecule has 0 bridgehead atoms. The molecule has 2 aromatic rings. The van der Waals surface area contributed by atoms with Crippen molar-refractivity contribution >= 4 is 16.9 Å². The molecule has 0 unspecified atom stereocenters. The molecule has 0 aliphatic heterocycles. The average Bonchev–Trinajstić information content (AvgIpc) is 2.46. The fraction of sp³-hybridized carbons (Fsp3) is 0.412. The van der Waals surface area contributed by atoms with Crippen LogP contribution in [0.15, 0.2) is 29.2 Å². The van der Waals surface area contributed by atoms with E-state index in [2.05, 4.69) is 4.74 Å². The van der Waals surface area contributed by atoms with Gasteiger partial charge in [-0.1, -0.05) is 20.8 Å². The number of hydrogen-bond acceptors (Lipinski definition) is 3. The number of nitrogens with zero attached hydrogens (tertiary/aromatic N) is 1. The number of rotatable bonds is 2. The van der Waals surface area contributed by atoms with E-state index >= 15 is 0 Å². The number of methoxy groups -OCH3 is 1. The van der Waals surface area contributed by atoms with Gasteiger partial charge in [0.15, 0.2) is 0 Å². The van der Waals surface area contributed by atoms with E-state index in [1.807, 2.05) is 20.8 Å². The summed E-state index contributed by atoms with van der Waals surface area (Å²) in [5.74, 6) is -0.815. The van der Waals surface area contributed by atoms with Crippen LogP contribution in [0.25, 0.3) is 10.9 Å². The molecule has 0 saturated carbocycles. The zero-order chi connectivity index (χ0) is 18.3. The standard InChI is InChI=1S/C17H18F3NO3/c1-16(2,3)9-21-8-12(15(23)24-4)14(22)11-6-5-10(7-13(11)21)17(18,19)20/h5-8H,9H2,1-4H3. The highest BCUT2D eigenvalue weighted by Gasteiger charge is 2.31. The number of pyridine rings is 1. The molecule has 130 valence electrons. The highest BCUT2D eigenvalue weighted by atomic mass is 19.4. The van der Waals surface area contributed by atoms with Gasteiger partial charge in [0.2, 0.25) is 5.43 Å². The topological polar surface area (TPSA) is 48.3 Å². The monoisotopic (exact) mass is 341 g/mol. The van der Waals surface area contributed by atoms with Crippen molar-refractivity contribution in [1.29, 1.82) is 0 Å². The lowest BCUT2D eigenvalue weighted by atomic mass is 9.96. The lowest BCUT2D eigenvalue weighted by molar-refractivity contribution is -0.137. The zero-order valence-corrected chi connectivity index (χ0v) is 13.8. The van der Waals surface area contributed by atoms with Crippen LogP contribution in [0.3, 0.4) is 0 Å². The zero-order valence-electron chi connectivity index (χ0n) is 13.8. The number of carbonyl (C=O) groups is 1. The third kappa shape index (κ3) is 3.60. The molecule has 0 atom stereocenters. The minimum absolute atomic E-state index is 0.0511. The van der Waals surface area contributed by atoms with E-state index in [4.69, 9.17) is 0 Å². The largest absolute Gasteiger partial charge is 0.465 e. The minimum Gasteiger partial charge on any atom is -0.465 e. The first-order valence-electron chi connectivity index (χ1n) is 7.27. The first-order valence-corrected chi connectivity index (χ1v) is 7.27. The van der Waals surface area contributed by atoms with Gasteiger partial charge in [0.25, 0.3) is 0 Å². The Morgan fingerprint density at radius 3 is 2.33 bits per heavy atom. The van der Waals surface area contributed by atoms with Gasteiger partial charge in [-0.2, -0.15) is 13.2 Å². The van der Waals surface area contributed by atoms with E-state index in [0.29, 0.717) is 6.54 Å². The summed E-state index contributed by atoms with van der Waals surface area (Å²) < 4.78 is 45.1. The highest BCUT2D eigenvalue weighted by molar-refractivity contribution is 5.93. The molecular formula is C17H18F3NO3. The van der Waals surface area contributed by atoms with Crippen LogP contribution in [0.5, 0.6) is 0 Å². The predicted octanol–water partition coefficient (Wildman–Crippen LogP) is 3.85. The van der Waals surface area contributed by atoms with Crippen molar-refractivity contribution in [1.82, 2.24) is 4.57 Å². The number of esters is 1.